The summed E-state index contributed by atoms with van der Waals surface area (Å²) >= 11 is 0. The van der Waals surface area contributed by atoms with E-state index in [4.69, 9.17) is 14.2 Å². The highest BCUT2D eigenvalue weighted by Gasteiger charge is 2.19. The van der Waals surface area contributed by atoms with Crippen LogP contribution >= 0.6 is 0 Å². The first kappa shape index (κ1) is 23.9. The molecule has 1 heterocycles. The average molecular weight is 456 g/mol. The molecule has 1 aliphatic heterocycles. The Bertz CT molecular complexity index is 950. The Morgan fingerprint density at radius 3 is 2.67 bits per heavy atom. The molecule has 0 aromatic heterocycles. The van der Waals surface area contributed by atoms with Gasteiger partial charge in [-0.25, -0.2) is 0 Å². The first-order chi connectivity index (χ1) is 16.1. The molecule has 2 N–H and O–H groups in total. The van der Waals surface area contributed by atoms with E-state index in [0.717, 1.165) is 0 Å². The predicted molar refractivity (Wildman–Crippen MR) is 122 cm³/mol. The van der Waals surface area contributed by atoms with E-state index < -0.39 is 0 Å². The first-order valence-electron chi connectivity index (χ1n) is 10.9. The molecule has 0 saturated heterocycles. The minimum Gasteiger partial charge on any atom is -0.497 e. The molecule has 0 radical (unpaired) electrons. The molecular formula is C24H29N3O6. The third-order valence-corrected chi connectivity index (χ3v) is 5.02. The van der Waals surface area contributed by atoms with Crippen LogP contribution in [0.25, 0.3) is 0 Å². The molecule has 9 nitrogen and oxygen atoms in total. The number of ether oxygens (including phenoxy) is 3. The van der Waals surface area contributed by atoms with Crippen LogP contribution < -0.4 is 24.8 Å². The van der Waals surface area contributed by atoms with Crippen molar-refractivity contribution in [3.8, 4) is 17.2 Å². The topological polar surface area (TPSA) is 106 Å². The number of benzene rings is 2. The van der Waals surface area contributed by atoms with Crippen LogP contribution in [0, 0.1) is 0 Å². The van der Waals surface area contributed by atoms with Gasteiger partial charge in [-0.05, 0) is 30.7 Å². The molecule has 0 unspecified atom stereocenters. The lowest BCUT2D eigenvalue weighted by molar-refractivity contribution is -0.136. The van der Waals surface area contributed by atoms with E-state index in [1.54, 1.807) is 18.2 Å². The second-order valence-electron chi connectivity index (χ2n) is 7.40. The summed E-state index contributed by atoms with van der Waals surface area (Å²) in [7, 11) is 1.53. The minimum atomic E-state index is -0.275. The Balaban J connectivity index is 1.59. The first-order valence-corrected chi connectivity index (χ1v) is 10.9. The Kier molecular flexibility index (Phi) is 8.93. The third kappa shape index (κ3) is 7.41. The number of rotatable bonds is 5. The van der Waals surface area contributed by atoms with Gasteiger partial charge < -0.3 is 29.7 Å². The van der Waals surface area contributed by atoms with E-state index >= 15 is 0 Å². The van der Waals surface area contributed by atoms with Crippen LogP contribution in [0.1, 0.15) is 23.2 Å². The standard InChI is InChI=1S/C24H29N3O6/c1-31-19-8-9-20-21(16-19)33-15-12-25-22(28)17-27(13-5-11-26-24(20)30)23(29)10-14-32-18-6-3-2-4-7-18/h2-4,6-9,16H,5,10-15,17H2,1H3,(H,25,28)(H,26,30). The van der Waals surface area contributed by atoms with Gasteiger partial charge in [0.15, 0.2) is 0 Å². The summed E-state index contributed by atoms with van der Waals surface area (Å²) < 4.78 is 16.5. The van der Waals surface area contributed by atoms with Gasteiger partial charge >= 0.3 is 0 Å². The molecular weight excluding hydrogens is 426 g/mol. The number of nitrogens with zero attached hydrogens (tertiary/aromatic N) is 1. The Labute approximate surface area is 193 Å². The number of hydrogen-bond donors (Lipinski definition) is 2. The van der Waals surface area contributed by atoms with E-state index in [-0.39, 0.29) is 50.4 Å². The molecule has 0 atom stereocenters. The van der Waals surface area contributed by atoms with Crippen LogP contribution in [0.4, 0.5) is 0 Å². The molecule has 0 bridgehead atoms. The second kappa shape index (κ2) is 12.3. The van der Waals surface area contributed by atoms with Gasteiger partial charge in [0.25, 0.3) is 5.91 Å². The summed E-state index contributed by atoms with van der Waals surface area (Å²) in [5, 5.41) is 5.60. The quantitative estimate of drug-likeness (QED) is 0.710. The van der Waals surface area contributed by atoms with Crippen LogP contribution in [0.2, 0.25) is 0 Å². The van der Waals surface area contributed by atoms with Gasteiger partial charge in [-0.3, -0.25) is 14.4 Å². The summed E-state index contributed by atoms with van der Waals surface area (Å²) in [4.78, 5) is 39.2. The molecule has 9 heteroatoms. The fourth-order valence-electron chi connectivity index (χ4n) is 3.31. The van der Waals surface area contributed by atoms with Crippen molar-refractivity contribution >= 4 is 17.7 Å². The molecule has 2 aromatic carbocycles. The molecule has 0 spiro atoms. The minimum absolute atomic E-state index is 0.0669. The molecule has 2 aromatic rings. The summed E-state index contributed by atoms with van der Waals surface area (Å²) in [6.07, 6.45) is 0.642. The average Bonchev–Trinajstić information content (AvgIpc) is 2.83. The van der Waals surface area contributed by atoms with Crippen molar-refractivity contribution in [2.24, 2.45) is 0 Å². The van der Waals surface area contributed by atoms with Crippen LogP contribution in [-0.2, 0) is 9.59 Å². The SMILES string of the molecule is COc1ccc2c(c1)OCCNC(=O)CN(C(=O)CCOc1ccccc1)CCCNC2=O. The highest BCUT2D eigenvalue weighted by atomic mass is 16.5. The van der Waals surface area contributed by atoms with E-state index in [1.165, 1.54) is 12.0 Å². The van der Waals surface area contributed by atoms with Gasteiger partial charge in [0.2, 0.25) is 11.8 Å². The predicted octanol–water partition coefficient (Wildman–Crippen LogP) is 1.62. The Morgan fingerprint density at radius 1 is 1.06 bits per heavy atom. The van der Waals surface area contributed by atoms with E-state index in [2.05, 4.69) is 10.6 Å². The maximum absolute atomic E-state index is 12.7. The van der Waals surface area contributed by atoms with Crippen LogP contribution in [0.15, 0.2) is 48.5 Å². The van der Waals surface area contributed by atoms with E-state index in [0.29, 0.717) is 42.3 Å². The number of hydrogen-bond acceptors (Lipinski definition) is 6. The number of para-hydroxylation sites is 1. The summed E-state index contributed by atoms with van der Waals surface area (Å²) in [6, 6.07) is 14.2. The third-order valence-electron chi connectivity index (χ3n) is 5.02. The fourth-order valence-corrected chi connectivity index (χ4v) is 3.31. The van der Waals surface area contributed by atoms with Gasteiger partial charge in [0, 0.05) is 19.2 Å². The van der Waals surface area contributed by atoms with Crippen molar-refractivity contribution in [2.45, 2.75) is 12.8 Å². The van der Waals surface area contributed by atoms with E-state index in [1.807, 2.05) is 30.3 Å². The molecule has 0 aliphatic carbocycles. The van der Waals surface area contributed by atoms with Crippen molar-refractivity contribution in [2.75, 3.05) is 46.5 Å². The highest BCUT2D eigenvalue weighted by molar-refractivity contribution is 5.97. The summed E-state index contributed by atoms with van der Waals surface area (Å²) in [5.41, 5.74) is 0.380. The smallest absolute Gasteiger partial charge is 0.255 e. The zero-order valence-electron chi connectivity index (χ0n) is 18.7. The van der Waals surface area contributed by atoms with Gasteiger partial charge in [-0.15, -0.1) is 0 Å². The number of fused-ring (bicyclic) bond motifs is 1. The van der Waals surface area contributed by atoms with Crippen molar-refractivity contribution in [3.05, 3.63) is 54.1 Å². The molecule has 33 heavy (non-hydrogen) atoms. The molecule has 3 amide bonds. The second-order valence-corrected chi connectivity index (χ2v) is 7.40. The van der Waals surface area contributed by atoms with Crippen LogP contribution in [-0.4, -0.2) is 69.1 Å². The van der Waals surface area contributed by atoms with Crippen molar-refractivity contribution in [1.82, 2.24) is 15.5 Å². The van der Waals surface area contributed by atoms with Crippen LogP contribution in [0.3, 0.4) is 0 Å². The fraction of sp³-hybridized carbons (Fsp3) is 0.375. The Morgan fingerprint density at radius 2 is 1.88 bits per heavy atom. The molecule has 1 aliphatic rings. The number of amides is 3. The van der Waals surface area contributed by atoms with Gasteiger partial charge in [-0.2, -0.15) is 0 Å². The van der Waals surface area contributed by atoms with Gasteiger partial charge in [0.05, 0.1) is 38.8 Å². The highest BCUT2D eigenvalue weighted by Crippen LogP contribution is 2.25. The number of methoxy groups -OCH3 is 1. The molecule has 3 rings (SSSR count). The molecule has 176 valence electrons. The monoisotopic (exact) mass is 455 g/mol. The Hall–Kier alpha value is -3.75. The molecule has 0 saturated carbocycles. The number of nitrogens with one attached hydrogen (secondary N) is 2. The lowest BCUT2D eigenvalue weighted by Crippen LogP contribution is -2.43. The maximum Gasteiger partial charge on any atom is 0.255 e. The van der Waals surface area contributed by atoms with E-state index in [9.17, 15) is 14.4 Å². The van der Waals surface area contributed by atoms with Crippen molar-refractivity contribution < 1.29 is 28.6 Å². The zero-order chi connectivity index (χ0) is 23.5. The number of carbonyl (C=O) groups excluding carboxylic acids is 3. The lowest BCUT2D eigenvalue weighted by Gasteiger charge is -2.23. The largest absolute Gasteiger partial charge is 0.497 e. The van der Waals surface area contributed by atoms with Crippen LogP contribution in [0.5, 0.6) is 17.2 Å². The normalized spacial score (nSPS) is 15.2. The lowest BCUT2D eigenvalue weighted by atomic mass is 10.1. The number of carbonyl (C=O) groups is 3. The zero-order valence-corrected chi connectivity index (χ0v) is 18.7. The summed E-state index contributed by atoms with van der Waals surface area (Å²) in [6.45, 7) is 1.22. The van der Waals surface area contributed by atoms with Gasteiger partial charge in [0.1, 0.15) is 23.9 Å². The van der Waals surface area contributed by atoms with Crippen molar-refractivity contribution in [1.29, 1.82) is 0 Å². The summed E-state index contributed by atoms with van der Waals surface area (Å²) in [5.74, 6) is 0.897. The van der Waals surface area contributed by atoms with Crippen molar-refractivity contribution in [3.63, 3.8) is 0 Å². The van der Waals surface area contributed by atoms with Gasteiger partial charge in [-0.1, -0.05) is 18.2 Å². The molecule has 0 fully saturated rings. The maximum atomic E-state index is 12.7.